The van der Waals surface area contributed by atoms with Gasteiger partial charge in [0.25, 0.3) is 0 Å². The monoisotopic (exact) mass is 262 g/mol. The summed E-state index contributed by atoms with van der Waals surface area (Å²) in [5.74, 6) is 0.0609. The van der Waals surface area contributed by atoms with Gasteiger partial charge in [0.1, 0.15) is 0 Å². The average Bonchev–Trinajstić information content (AvgIpc) is 2.48. The number of carbonyl (C=O) groups excluding carboxylic acids is 1. The molecule has 1 aliphatic rings. The van der Waals surface area contributed by atoms with Crippen LogP contribution in [0.2, 0.25) is 0 Å². The minimum Gasteiger partial charge on any atom is -0.469 e. The summed E-state index contributed by atoms with van der Waals surface area (Å²) in [6, 6.07) is 6.54. The molecule has 2 rings (SSSR count). The van der Waals surface area contributed by atoms with Crippen LogP contribution in [-0.4, -0.2) is 30.6 Å². The third kappa shape index (κ3) is 4.31. The lowest BCUT2D eigenvalue weighted by atomic mass is 9.86. The Bertz CT molecular complexity index is 386. The standard InChI is InChI=1S/C15H22N2O2/c1-19-15(18)12-5-7-14(8-6-12)17-11-9-13-4-2-3-10-16-13/h2-4,10,12,14,17H,5-9,11H2,1H3. The van der Waals surface area contributed by atoms with E-state index in [1.807, 2.05) is 18.3 Å². The van der Waals surface area contributed by atoms with Crippen LogP contribution in [0.25, 0.3) is 0 Å². The summed E-state index contributed by atoms with van der Waals surface area (Å²) in [6.45, 7) is 0.949. The van der Waals surface area contributed by atoms with Gasteiger partial charge in [-0.3, -0.25) is 9.78 Å². The minimum atomic E-state index is -0.0491. The molecule has 4 heteroatoms. The first-order chi connectivity index (χ1) is 9.29. The Morgan fingerprint density at radius 2 is 2.16 bits per heavy atom. The molecule has 0 aliphatic heterocycles. The van der Waals surface area contributed by atoms with E-state index >= 15 is 0 Å². The first-order valence-electron chi connectivity index (χ1n) is 7.00. The first-order valence-corrected chi connectivity index (χ1v) is 7.00. The fourth-order valence-corrected chi connectivity index (χ4v) is 2.65. The van der Waals surface area contributed by atoms with Crippen LogP contribution < -0.4 is 5.32 Å². The van der Waals surface area contributed by atoms with Crippen LogP contribution in [0.1, 0.15) is 31.4 Å². The van der Waals surface area contributed by atoms with Crippen LogP contribution >= 0.6 is 0 Å². The van der Waals surface area contributed by atoms with Gasteiger partial charge >= 0.3 is 5.97 Å². The minimum absolute atomic E-state index is 0.0491. The third-order valence-electron chi connectivity index (χ3n) is 3.80. The Morgan fingerprint density at radius 3 is 2.79 bits per heavy atom. The largest absolute Gasteiger partial charge is 0.469 e. The highest BCUT2D eigenvalue weighted by Gasteiger charge is 2.26. The molecule has 0 bridgehead atoms. The molecule has 1 aromatic heterocycles. The van der Waals surface area contributed by atoms with E-state index in [1.165, 1.54) is 7.11 Å². The summed E-state index contributed by atoms with van der Waals surface area (Å²) in [5, 5.41) is 3.56. The molecule has 0 saturated heterocycles. The lowest BCUT2D eigenvalue weighted by Crippen LogP contribution is -2.36. The van der Waals surface area contributed by atoms with E-state index in [4.69, 9.17) is 4.74 Å². The summed E-state index contributed by atoms with van der Waals surface area (Å²) in [4.78, 5) is 15.7. The van der Waals surface area contributed by atoms with Crippen molar-refractivity contribution in [3.8, 4) is 0 Å². The number of carbonyl (C=O) groups is 1. The zero-order chi connectivity index (χ0) is 13.5. The van der Waals surface area contributed by atoms with Gasteiger partial charge in [-0.15, -0.1) is 0 Å². The molecule has 104 valence electrons. The normalized spacial score (nSPS) is 23.0. The number of rotatable bonds is 5. The molecule has 1 aromatic rings. The molecular formula is C15H22N2O2. The van der Waals surface area contributed by atoms with Crippen LogP contribution in [0.3, 0.4) is 0 Å². The molecule has 0 atom stereocenters. The van der Waals surface area contributed by atoms with E-state index in [0.29, 0.717) is 6.04 Å². The maximum Gasteiger partial charge on any atom is 0.308 e. The molecule has 1 aliphatic carbocycles. The van der Waals surface area contributed by atoms with E-state index in [2.05, 4.69) is 16.4 Å². The highest BCUT2D eigenvalue weighted by Crippen LogP contribution is 2.25. The van der Waals surface area contributed by atoms with E-state index in [9.17, 15) is 4.79 Å². The number of hydrogen-bond acceptors (Lipinski definition) is 4. The third-order valence-corrected chi connectivity index (χ3v) is 3.80. The van der Waals surface area contributed by atoms with Gasteiger partial charge in [0.2, 0.25) is 0 Å². The van der Waals surface area contributed by atoms with Crippen LogP contribution in [-0.2, 0) is 16.0 Å². The Kier molecular flexibility index (Phi) is 5.33. The van der Waals surface area contributed by atoms with Gasteiger partial charge in [0.05, 0.1) is 13.0 Å². The lowest BCUT2D eigenvalue weighted by molar-refractivity contribution is -0.146. The van der Waals surface area contributed by atoms with Gasteiger partial charge < -0.3 is 10.1 Å². The highest BCUT2D eigenvalue weighted by molar-refractivity contribution is 5.72. The van der Waals surface area contributed by atoms with Crippen molar-refractivity contribution in [2.75, 3.05) is 13.7 Å². The van der Waals surface area contributed by atoms with E-state index < -0.39 is 0 Å². The van der Waals surface area contributed by atoms with Crippen molar-refractivity contribution in [2.45, 2.75) is 38.1 Å². The summed E-state index contributed by atoms with van der Waals surface area (Å²) in [7, 11) is 1.47. The van der Waals surface area contributed by atoms with Gasteiger partial charge in [-0.2, -0.15) is 0 Å². The second kappa shape index (κ2) is 7.24. The predicted molar refractivity (Wildman–Crippen MR) is 73.7 cm³/mol. The molecule has 1 fully saturated rings. The number of aromatic nitrogens is 1. The van der Waals surface area contributed by atoms with Gasteiger partial charge in [0.15, 0.2) is 0 Å². The van der Waals surface area contributed by atoms with Crippen molar-refractivity contribution in [1.82, 2.24) is 10.3 Å². The van der Waals surface area contributed by atoms with Crippen LogP contribution in [0.5, 0.6) is 0 Å². The number of hydrogen-bond donors (Lipinski definition) is 1. The zero-order valence-corrected chi connectivity index (χ0v) is 11.5. The van der Waals surface area contributed by atoms with Crippen molar-refractivity contribution in [1.29, 1.82) is 0 Å². The number of nitrogens with one attached hydrogen (secondary N) is 1. The number of pyridine rings is 1. The molecule has 1 N–H and O–H groups in total. The number of ether oxygens (including phenoxy) is 1. The lowest BCUT2D eigenvalue weighted by Gasteiger charge is -2.27. The molecule has 0 amide bonds. The van der Waals surface area contributed by atoms with Crippen molar-refractivity contribution in [2.24, 2.45) is 5.92 Å². The maximum absolute atomic E-state index is 11.4. The average molecular weight is 262 g/mol. The van der Waals surface area contributed by atoms with Gasteiger partial charge in [-0.25, -0.2) is 0 Å². The second-order valence-corrected chi connectivity index (χ2v) is 5.10. The molecule has 0 radical (unpaired) electrons. The zero-order valence-electron chi connectivity index (χ0n) is 11.5. The Labute approximate surface area is 114 Å². The topological polar surface area (TPSA) is 51.2 Å². The maximum atomic E-state index is 11.4. The van der Waals surface area contributed by atoms with Crippen molar-refractivity contribution >= 4 is 5.97 Å². The van der Waals surface area contributed by atoms with Gasteiger partial charge in [0, 0.05) is 30.9 Å². The highest BCUT2D eigenvalue weighted by atomic mass is 16.5. The Balaban J connectivity index is 1.65. The molecule has 0 aromatic carbocycles. The molecule has 19 heavy (non-hydrogen) atoms. The van der Waals surface area contributed by atoms with Crippen molar-refractivity contribution in [3.05, 3.63) is 30.1 Å². The van der Waals surface area contributed by atoms with E-state index in [1.54, 1.807) is 0 Å². The SMILES string of the molecule is COC(=O)C1CCC(NCCc2ccccn2)CC1. The molecule has 0 spiro atoms. The fraction of sp³-hybridized carbons (Fsp3) is 0.600. The number of nitrogens with zero attached hydrogens (tertiary/aromatic N) is 1. The summed E-state index contributed by atoms with van der Waals surface area (Å²) < 4.78 is 4.80. The second-order valence-electron chi connectivity index (χ2n) is 5.10. The van der Waals surface area contributed by atoms with Crippen LogP contribution in [0.15, 0.2) is 24.4 Å². The molecule has 0 unspecified atom stereocenters. The Morgan fingerprint density at radius 1 is 1.37 bits per heavy atom. The van der Waals surface area contributed by atoms with Gasteiger partial charge in [-0.1, -0.05) is 6.07 Å². The molecule has 4 nitrogen and oxygen atoms in total. The van der Waals surface area contributed by atoms with Gasteiger partial charge in [-0.05, 0) is 37.8 Å². The van der Waals surface area contributed by atoms with Crippen molar-refractivity contribution in [3.63, 3.8) is 0 Å². The number of methoxy groups -OCH3 is 1. The number of esters is 1. The smallest absolute Gasteiger partial charge is 0.308 e. The molecule has 1 heterocycles. The summed E-state index contributed by atoms with van der Waals surface area (Å²) >= 11 is 0. The molecule has 1 saturated carbocycles. The Hall–Kier alpha value is -1.42. The summed E-state index contributed by atoms with van der Waals surface area (Å²) in [6.07, 6.45) is 6.78. The van der Waals surface area contributed by atoms with E-state index in [0.717, 1.165) is 44.3 Å². The fourth-order valence-electron chi connectivity index (χ4n) is 2.65. The predicted octanol–water partition coefficient (Wildman–Crippen LogP) is 1.95. The van der Waals surface area contributed by atoms with Crippen LogP contribution in [0.4, 0.5) is 0 Å². The van der Waals surface area contributed by atoms with Crippen LogP contribution in [0, 0.1) is 5.92 Å². The molecular weight excluding hydrogens is 240 g/mol. The quantitative estimate of drug-likeness (QED) is 0.824. The first kappa shape index (κ1) is 14.0. The van der Waals surface area contributed by atoms with E-state index in [-0.39, 0.29) is 11.9 Å². The van der Waals surface area contributed by atoms with Crippen molar-refractivity contribution < 1.29 is 9.53 Å². The summed E-state index contributed by atoms with van der Waals surface area (Å²) in [5.41, 5.74) is 1.12.